The molecule has 19 heavy (non-hydrogen) atoms. The number of aromatic nitrogens is 1. The topological polar surface area (TPSA) is 44.9 Å². The van der Waals surface area contributed by atoms with Gasteiger partial charge in [0.25, 0.3) is 0 Å². The van der Waals surface area contributed by atoms with E-state index in [1.165, 1.54) is 11.3 Å². The van der Waals surface area contributed by atoms with Crippen LogP contribution in [0.5, 0.6) is 0 Å². The molecule has 0 saturated carbocycles. The number of carbonyl (C=O) groups excluding carboxylic acids is 1. The fourth-order valence-electron chi connectivity index (χ4n) is 2.85. The molecular weight excluding hydrogens is 283 g/mol. The van der Waals surface area contributed by atoms with Crippen molar-refractivity contribution in [3.05, 3.63) is 33.4 Å². The van der Waals surface area contributed by atoms with Gasteiger partial charge in [-0.15, -0.1) is 0 Å². The zero-order valence-electron chi connectivity index (χ0n) is 10.5. The summed E-state index contributed by atoms with van der Waals surface area (Å²) in [6.45, 7) is 1.55. The van der Waals surface area contributed by atoms with Crippen LogP contribution in [0.4, 0.5) is 0 Å². The highest BCUT2D eigenvalue weighted by Gasteiger charge is 2.23. The number of fused-ring (bicyclic) bond motifs is 3. The molecule has 0 saturated heterocycles. The summed E-state index contributed by atoms with van der Waals surface area (Å²) in [5.41, 5.74) is 3.38. The number of hydrogen-bond acceptors (Lipinski definition) is 1. The van der Waals surface area contributed by atoms with Gasteiger partial charge in [0, 0.05) is 29.1 Å². The summed E-state index contributed by atoms with van der Waals surface area (Å²) in [5, 5.41) is 5.35. The van der Waals surface area contributed by atoms with Crippen LogP contribution in [0.15, 0.2) is 12.1 Å². The van der Waals surface area contributed by atoms with Crippen LogP contribution >= 0.6 is 23.2 Å². The molecule has 1 aliphatic rings. The summed E-state index contributed by atoms with van der Waals surface area (Å²) in [6.07, 6.45) is 2.69. The van der Waals surface area contributed by atoms with Crippen LogP contribution in [0, 0.1) is 0 Å². The van der Waals surface area contributed by atoms with Crippen LogP contribution in [-0.2, 0) is 17.6 Å². The van der Waals surface area contributed by atoms with Gasteiger partial charge in [-0.2, -0.15) is 0 Å². The van der Waals surface area contributed by atoms with E-state index >= 15 is 0 Å². The number of benzene rings is 1. The molecule has 1 aromatic carbocycles. The minimum atomic E-state index is 0.0179. The maximum absolute atomic E-state index is 11.2. The molecular formula is C14H14Cl2N2O. The molecule has 100 valence electrons. The van der Waals surface area contributed by atoms with Gasteiger partial charge in [0.15, 0.2) is 0 Å². The van der Waals surface area contributed by atoms with Gasteiger partial charge in [-0.25, -0.2) is 0 Å². The molecule has 0 aliphatic heterocycles. The highest BCUT2D eigenvalue weighted by Crippen LogP contribution is 2.35. The third-order valence-electron chi connectivity index (χ3n) is 3.62. The Hall–Kier alpha value is -1.19. The molecule has 0 radical (unpaired) electrons. The molecule has 3 nitrogen and oxygen atoms in total. The molecule has 3 rings (SSSR count). The van der Waals surface area contributed by atoms with Gasteiger partial charge >= 0.3 is 0 Å². The lowest BCUT2D eigenvalue weighted by molar-refractivity contribution is -0.119. The number of nitrogens with one attached hydrogen (secondary N) is 2. The normalized spacial score (nSPS) is 18.4. The second-order valence-corrected chi connectivity index (χ2v) is 5.88. The monoisotopic (exact) mass is 296 g/mol. The first-order valence-electron chi connectivity index (χ1n) is 6.30. The van der Waals surface area contributed by atoms with Crippen LogP contribution < -0.4 is 5.32 Å². The third kappa shape index (κ3) is 2.33. The number of amides is 1. The molecule has 5 heteroatoms. The Labute approximate surface area is 121 Å². The fourth-order valence-corrected chi connectivity index (χ4v) is 3.39. The predicted molar refractivity (Wildman–Crippen MR) is 77.9 cm³/mol. The van der Waals surface area contributed by atoms with E-state index in [0.717, 1.165) is 30.2 Å². The van der Waals surface area contributed by atoms with Crippen molar-refractivity contribution >= 4 is 40.0 Å². The first-order valence-corrected chi connectivity index (χ1v) is 7.05. The van der Waals surface area contributed by atoms with Gasteiger partial charge < -0.3 is 10.3 Å². The maximum atomic E-state index is 11.2. The van der Waals surface area contributed by atoms with Crippen LogP contribution in [0.25, 0.3) is 10.9 Å². The number of rotatable bonds is 1. The largest absolute Gasteiger partial charge is 0.357 e. The van der Waals surface area contributed by atoms with Crippen LogP contribution in [-0.4, -0.2) is 16.9 Å². The molecule has 1 heterocycles. The quantitative estimate of drug-likeness (QED) is 0.831. The molecule has 2 aromatic rings. The lowest BCUT2D eigenvalue weighted by Crippen LogP contribution is -2.37. The molecule has 0 spiro atoms. The Morgan fingerprint density at radius 1 is 1.42 bits per heavy atom. The lowest BCUT2D eigenvalue weighted by atomic mass is 9.91. The molecule has 0 fully saturated rings. The van der Waals surface area contributed by atoms with E-state index in [0.29, 0.717) is 10.0 Å². The molecule has 1 unspecified atom stereocenters. The molecule has 1 amide bonds. The van der Waals surface area contributed by atoms with E-state index in [-0.39, 0.29) is 11.9 Å². The molecule has 1 aromatic heterocycles. The fraction of sp³-hybridized carbons (Fsp3) is 0.357. The minimum absolute atomic E-state index is 0.0179. The summed E-state index contributed by atoms with van der Waals surface area (Å²) >= 11 is 12.3. The second kappa shape index (κ2) is 4.73. The van der Waals surface area contributed by atoms with Gasteiger partial charge in [0.1, 0.15) is 0 Å². The lowest BCUT2D eigenvalue weighted by Gasteiger charge is -2.23. The Morgan fingerprint density at radius 3 is 2.95 bits per heavy atom. The number of carbonyl (C=O) groups is 1. The molecule has 0 bridgehead atoms. The number of aromatic amines is 1. The first-order chi connectivity index (χ1) is 9.04. The zero-order chi connectivity index (χ0) is 13.6. The summed E-state index contributed by atoms with van der Waals surface area (Å²) in [4.78, 5) is 14.6. The average molecular weight is 297 g/mol. The highest BCUT2D eigenvalue weighted by atomic mass is 35.5. The van der Waals surface area contributed by atoms with E-state index in [1.807, 2.05) is 6.07 Å². The maximum Gasteiger partial charge on any atom is 0.217 e. The average Bonchev–Trinajstić information content (AvgIpc) is 2.67. The van der Waals surface area contributed by atoms with E-state index in [2.05, 4.69) is 10.3 Å². The number of halogens is 2. The SMILES string of the molecule is CC(=O)NC1CCc2[nH]c3c(Cl)cc(Cl)cc3c2C1. The van der Waals surface area contributed by atoms with Gasteiger partial charge in [-0.05, 0) is 37.0 Å². The smallest absolute Gasteiger partial charge is 0.217 e. The minimum Gasteiger partial charge on any atom is -0.357 e. The van der Waals surface area contributed by atoms with Gasteiger partial charge in [-0.3, -0.25) is 4.79 Å². The Kier molecular flexibility index (Phi) is 3.19. The summed E-state index contributed by atoms with van der Waals surface area (Å²) in [7, 11) is 0. The van der Waals surface area contributed by atoms with Crippen LogP contribution in [0.1, 0.15) is 24.6 Å². The van der Waals surface area contributed by atoms with Gasteiger partial charge in [0.2, 0.25) is 5.91 Å². The van der Waals surface area contributed by atoms with Crippen molar-refractivity contribution in [2.24, 2.45) is 0 Å². The third-order valence-corrected chi connectivity index (χ3v) is 4.14. The van der Waals surface area contributed by atoms with E-state index < -0.39 is 0 Å². The van der Waals surface area contributed by atoms with E-state index in [1.54, 1.807) is 13.0 Å². The van der Waals surface area contributed by atoms with Crippen molar-refractivity contribution in [3.8, 4) is 0 Å². The number of hydrogen-bond donors (Lipinski definition) is 2. The van der Waals surface area contributed by atoms with Crippen molar-refractivity contribution < 1.29 is 4.79 Å². The Balaban J connectivity index is 2.05. The highest BCUT2D eigenvalue weighted by molar-refractivity contribution is 6.38. The summed E-state index contributed by atoms with van der Waals surface area (Å²) in [5.74, 6) is 0.0179. The van der Waals surface area contributed by atoms with Crippen molar-refractivity contribution in [2.75, 3.05) is 0 Å². The van der Waals surface area contributed by atoms with Crippen molar-refractivity contribution in [2.45, 2.75) is 32.2 Å². The van der Waals surface area contributed by atoms with Crippen molar-refractivity contribution in [1.29, 1.82) is 0 Å². The Morgan fingerprint density at radius 2 is 2.21 bits per heavy atom. The molecule has 2 N–H and O–H groups in total. The first kappa shape index (κ1) is 12.8. The Bertz CT molecular complexity index is 663. The van der Waals surface area contributed by atoms with E-state index in [4.69, 9.17) is 23.2 Å². The van der Waals surface area contributed by atoms with Gasteiger partial charge in [0.05, 0.1) is 10.5 Å². The molecule has 1 aliphatic carbocycles. The number of H-pyrrole nitrogens is 1. The van der Waals surface area contributed by atoms with Crippen LogP contribution in [0.2, 0.25) is 10.0 Å². The zero-order valence-corrected chi connectivity index (χ0v) is 12.0. The standard InChI is InChI=1S/C14H14Cl2N2O/c1-7(19)17-9-2-3-13-10(6-9)11-4-8(15)5-12(16)14(11)18-13/h4-5,9,18H,2-3,6H2,1H3,(H,17,19). The second-order valence-electron chi connectivity index (χ2n) is 5.03. The summed E-state index contributed by atoms with van der Waals surface area (Å²) in [6, 6.07) is 3.88. The van der Waals surface area contributed by atoms with Crippen LogP contribution in [0.3, 0.4) is 0 Å². The van der Waals surface area contributed by atoms with E-state index in [9.17, 15) is 4.79 Å². The van der Waals surface area contributed by atoms with Gasteiger partial charge in [-0.1, -0.05) is 23.2 Å². The number of aryl methyl sites for hydroxylation is 1. The summed E-state index contributed by atoms with van der Waals surface area (Å²) < 4.78 is 0. The molecule has 1 atom stereocenters. The predicted octanol–water partition coefficient (Wildman–Crippen LogP) is 3.47. The van der Waals surface area contributed by atoms with Crippen molar-refractivity contribution in [3.63, 3.8) is 0 Å². The van der Waals surface area contributed by atoms with Crippen molar-refractivity contribution in [1.82, 2.24) is 10.3 Å².